The van der Waals surface area contributed by atoms with E-state index in [1.54, 1.807) is 18.2 Å². The van der Waals surface area contributed by atoms with E-state index in [1.807, 2.05) is 36.4 Å². The zero-order chi connectivity index (χ0) is 15.6. The molecule has 0 saturated heterocycles. The van der Waals surface area contributed by atoms with Crippen LogP contribution in [-0.2, 0) is 0 Å². The highest BCUT2D eigenvalue weighted by Gasteiger charge is 2.10. The van der Waals surface area contributed by atoms with Gasteiger partial charge in [-0.3, -0.25) is 4.79 Å². The third-order valence-electron chi connectivity index (χ3n) is 2.84. The highest BCUT2D eigenvalue weighted by atomic mass is 16.5. The van der Waals surface area contributed by atoms with Gasteiger partial charge in [0.1, 0.15) is 24.7 Å². The smallest absolute Gasteiger partial charge is 0.255 e. The fourth-order valence-corrected chi connectivity index (χ4v) is 1.83. The summed E-state index contributed by atoms with van der Waals surface area (Å²) in [6.07, 6.45) is 5.13. The number of carbonyl (C=O) groups is 1. The predicted molar refractivity (Wildman–Crippen MR) is 85.0 cm³/mol. The number of hydrogen-bond acceptors (Lipinski definition) is 3. The molecular formula is C18H17NO3. The second-order valence-corrected chi connectivity index (χ2v) is 4.39. The quantitative estimate of drug-likeness (QED) is 0.630. The molecule has 1 N–H and O–H groups in total. The molecule has 0 spiro atoms. The Balaban J connectivity index is 1.87. The molecule has 4 nitrogen and oxygen atoms in total. The van der Waals surface area contributed by atoms with Gasteiger partial charge in [0.05, 0.1) is 12.1 Å². The second-order valence-electron chi connectivity index (χ2n) is 4.39. The molecule has 0 atom stereocenters. The Morgan fingerprint density at radius 1 is 1.00 bits per heavy atom. The molecule has 2 aromatic carbocycles. The van der Waals surface area contributed by atoms with Crippen LogP contribution in [0, 0.1) is 12.3 Å². The number of rotatable bonds is 7. The van der Waals surface area contributed by atoms with Crippen LogP contribution in [-0.4, -0.2) is 25.7 Å². The minimum atomic E-state index is -0.252. The van der Waals surface area contributed by atoms with Crippen LogP contribution >= 0.6 is 0 Å². The first-order valence-corrected chi connectivity index (χ1v) is 6.92. The molecule has 0 aliphatic rings. The van der Waals surface area contributed by atoms with E-state index in [1.165, 1.54) is 0 Å². The molecule has 0 unspecified atom stereocenters. The minimum Gasteiger partial charge on any atom is -0.490 e. The lowest BCUT2D eigenvalue weighted by Crippen LogP contribution is -2.24. The van der Waals surface area contributed by atoms with Crippen molar-refractivity contribution in [2.45, 2.75) is 0 Å². The van der Waals surface area contributed by atoms with Crippen LogP contribution in [0.15, 0.2) is 54.6 Å². The van der Waals surface area contributed by atoms with E-state index in [2.05, 4.69) is 11.2 Å². The number of ether oxygens (including phenoxy) is 2. The first-order chi connectivity index (χ1) is 10.8. The molecule has 1 amide bonds. The van der Waals surface area contributed by atoms with Gasteiger partial charge in [0.15, 0.2) is 0 Å². The number of nitrogens with one attached hydrogen (secondary N) is 1. The van der Waals surface area contributed by atoms with Crippen molar-refractivity contribution >= 4 is 5.91 Å². The molecule has 2 aromatic rings. The Bertz CT molecular complexity index is 647. The molecule has 0 radical (unpaired) electrons. The largest absolute Gasteiger partial charge is 0.490 e. The maximum Gasteiger partial charge on any atom is 0.255 e. The number of carbonyl (C=O) groups excluding carboxylic acids is 1. The molecule has 2 rings (SSSR count). The van der Waals surface area contributed by atoms with Crippen LogP contribution in [0.5, 0.6) is 11.5 Å². The van der Waals surface area contributed by atoms with E-state index >= 15 is 0 Å². The van der Waals surface area contributed by atoms with Crippen molar-refractivity contribution in [3.8, 4) is 23.8 Å². The number of hydrogen-bond donors (Lipinski definition) is 1. The molecule has 0 aromatic heterocycles. The van der Waals surface area contributed by atoms with Crippen LogP contribution in [0.1, 0.15) is 10.4 Å². The van der Waals surface area contributed by atoms with E-state index in [9.17, 15) is 4.79 Å². The SMILES string of the molecule is C#CCNC(=O)c1ccccc1OCCOc1ccccc1. The zero-order valence-corrected chi connectivity index (χ0v) is 12.1. The first kappa shape index (κ1) is 15.5. The molecule has 4 heteroatoms. The minimum absolute atomic E-state index is 0.185. The Hall–Kier alpha value is -2.93. The molecule has 0 saturated carbocycles. The Morgan fingerprint density at radius 3 is 2.45 bits per heavy atom. The van der Waals surface area contributed by atoms with Crippen molar-refractivity contribution in [2.75, 3.05) is 19.8 Å². The van der Waals surface area contributed by atoms with Crippen molar-refractivity contribution in [3.05, 3.63) is 60.2 Å². The third kappa shape index (κ3) is 4.57. The predicted octanol–water partition coefficient (Wildman–Crippen LogP) is 2.51. The molecule has 112 valence electrons. The van der Waals surface area contributed by atoms with Gasteiger partial charge >= 0.3 is 0 Å². The van der Waals surface area contributed by atoms with Gasteiger partial charge in [-0.1, -0.05) is 36.3 Å². The standard InChI is InChI=1S/C18H17NO3/c1-2-12-19-18(20)16-10-6-7-11-17(16)22-14-13-21-15-8-4-3-5-9-15/h1,3-11H,12-14H2,(H,19,20). The first-order valence-electron chi connectivity index (χ1n) is 6.92. The summed E-state index contributed by atoms with van der Waals surface area (Å²) in [5.41, 5.74) is 0.456. The maximum absolute atomic E-state index is 12.0. The maximum atomic E-state index is 12.0. The number of benzene rings is 2. The van der Waals surface area contributed by atoms with E-state index in [4.69, 9.17) is 15.9 Å². The van der Waals surface area contributed by atoms with Crippen LogP contribution in [0.2, 0.25) is 0 Å². The van der Waals surface area contributed by atoms with Crippen LogP contribution in [0.3, 0.4) is 0 Å². The molecule has 0 fully saturated rings. The highest BCUT2D eigenvalue weighted by molar-refractivity contribution is 5.97. The normalized spacial score (nSPS) is 9.59. The molecule has 0 heterocycles. The number of amides is 1. The van der Waals surface area contributed by atoms with Gasteiger partial charge in [-0.2, -0.15) is 0 Å². The van der Waals surface area contributed by atoms with Crippen molar-refractivity contribution in [1.82, 2.24) is 5.32 Å². The highest BCUT2D eigenvalue weighted by Crippen LogP contribution is 2.17. The van der Waals surface area contributed by atoms with Crippen LogP contribution < -0.4 is 14.8 Å². The average Bonchev–Trinajstić information content (AvgIpc) is 2.58. The summed E-state index contributed by atoms with van der Waals surface area (Å²) in [5.74, 6) is 3.40. The molecule has 22 heavy (non-hydrogen) atoms. The summed E-state index contributed by atoms with van der Waals surface area (Å²) in [6, 6.07) is 16.5. The van der Waals surface area contributed by atoms with Crippen molar-refractivity contribution in [3.63, 3.8) is 0 Å². The lowest BCUT2D eigenvalue weighted by atomic mass is 10.2. The summed E-state index contributed by atoms with van der Waals surface area (Å²) in [7, 11) is 0. The van der Waals surface area contributed by atoms with Crippen molar-refractivity contribution < 1.29 is 14.3 Å². The van der Waals surface area contributed by atoms with Gasteiger partial charge in [-0.15, -0.1) is 6.42 Å². The topological polar surface area (TPSA) is 47.6 Å². The number of para-hydroxylation sites is 2. The van der Waals surface area contributed by atoms with Gasteiger partial charge in [0, 0.05) is 0 Å². The monoisotopic (exact) mass is 295 g/mol. The summed E-state index contributed by atoms with van der Waals surface area (Å²) in [4.78, 5) is 12.0. The number of terminal acetylenes is 1. The van der Waals surface area contributed by atoms with E-state index in [0.717, 1.165) is 5.75 Å². The third-order valence-corrected chi connectivity index (χ3v) is 2.84. The van der Waals surface area contributed by atoms with Gasteiger partial charge in [0.25, 0.3) is 5.91 Å². The van der Waals surface area contributed by atoms with Crippen LogP contribution in [0.25, 0.3) is 0 Å². The molecule has 0 aliphatic carbocycles. The van der Waals surface area contributed by atoms with Crippen LogP contribution in [0.4, 0.5) is 0 Å². The Morgan fingerprint density at radius 2 is 1.68 bits per heavy atom. The molecule has 0 bridgehead atoms. The van der Waals surface area contributed by atoms with E-state index in [-0.39, 0.29) is 12.5 Å². The lowest BCUT2D eigenvalue weighted by molar-refractivity contribution is 0.0953. The zero-order valence-electron chi connectivity index (χ0n) is 12.1. The van der Waals surface area contributed by atoms with Gasteiger partial charge in [-0.05, 0) is 24.3 Å². The van der Waals surface area contributed by atoms with E-state index in [0.29, 0.717) is 24.5 Å². The second kappa shape index (κ2) is 8.38. The lowest BCUT2D eigenvalue weighted by Gasteiger charge is -2.11. The van der Waals surface area contributed by atoms with Gasteiger partial charge in [0.2, 0.25) is 0 Å². The molecule has 0 aliphatic heterocycles. The Labute approximate surface area is 130 Å². The van der Waals surface area contributed by atoms with Crippen molar-refractivity contribution in [1.29, 1.82) is 0 Å². The van der Waals surface area contributed by atoms with Gasteiger partial charge < -0.3 is 14.8 Å². The summed E-state index contributed by atoms with van der Waals surface area (Å²) >= 11 is 0. The van der Waals surface area contributed by atoms with E-state index < -0.39 is 0 Å². The fraction of sp³-hybridized carbons (Fsp3) is 0.167. The molecular weight excluding hydrogens is 278 g/mol. The summed E-state index contributed by atoms with van der Waals surface area (Å²) in [5, 5.41) is 2.62. The fourth-order valence-electron chi connectivity index (χ4n) is 1.83. The summed E-state index contributed by atoms with van der Waals surface area (Å²) < 4.78 is 11.2. The average molecular weight is 295 g/mol. The Kier molecular flexibility index (Phi) is 5.89. The summed E-state index contributed by atoms with van der Waals surface area (Å²) in [6.45, 7) is 0.920. The van der Waals surface area contributed by atoms with Gasteiger partial charge in [-0.25, -0.2) is 0 Å². The van der Waals surface area contributed by atoms with Crippen molar-refractivity contribution in [2.24, 2.45) is 0 Å².